The maximum absolute atomic E-state index is 12.0. The smallest absolute Gasteiger partial charge is 0.344 e. The predicted molar refractivity (Wildman–Crippen MR) is 73.0 cm³/mol. The van der Waals surface area contributed by atoms with Crippen LogP contribution in [0.5, 0.6) is 5.75 Å². The number of esters is 1. The van der Waals surface area contributed by atoms with E-state index < -0.39 is 11.6 Å². The first-order valence-corrected chi connectivity index (χ1v) is 5.88. The molecule has 0 saturated heterocycles. The Hall–Kier alpha value is -2.82. The third kappa shape index (κ3) is 1.72. The van der Waals surface area contributed by atoms with E-state index in [2.05, 4.69) is 4.74 Å². The first-order chi connectivity index (χ1) is 9.61. The SMILES string of the molecule is COC(=O)c1cc2c(=O)oc3ccccc3c2cc1O. The average Bonchev–Trinajstić information content (AvgIpc) is 2.46. The van der Waals surface area contributed by atoms with Crippen molar-refractivity contribution < 1.29 is 19.1 Å². The molecule has 5 nitrogen and oxygen atoms in total. The van der Waals surface area contributed by atoms with Gasteiger partial charge in [-0.25, -0.2) is 9.59 Å². The van der Waals surface area contributed by atoms with Gasteiger partial charge in [0.05, 0.1) is 12.5 Å². The van der Waals surface area contributed by atoms with Gasteiger partial charge < -0.3 is 14.3 Å². The summed E-state index contributed by atoms with van der Waals surface area (Å²) in [5.41, 5.74) is -0.207. The number of hydrogen-bond donors (Lipinski definition) is 1. The number of rotatable bonds is 1. The third-order valence-electron chi connectivity index (χ3n) is 3.14. The molecule has 100 valence electrons. The van der Waals surface area contributed by atoms with Crippen molar-refractivity contribution in [2.45, 2.75) is 0 Å². The number of para-hydroxylation sites is 1. The first-order valence-electron chi connectivity index (χ1n) is 5.88. The Balaban J connectivity index is 2.48. The zero-order valence-corrected chi connectivity index (χ0v) is 10.5. The zero-order chi connectivity index (χ0) is 14.3. The normalized spacial score (nSPS) is 10.8. The number of aromatic hydroxyl groups is 1. The van der Waals surface area contributed by atoms with Gasteiger partial charge in [0, 0.05) is 10.8 Å². The lowest BCUT2D eigenvalue weighted by Crippen LogP contribution is -2.05. The highest BCUT2D eigenvalue weighted by Crippen LogP contribution is 2.29. The molecule has 20 heavy (non-hydrogen) atoms. The second kappa shape index (κ2) is 4.38. The number of ether oxygens (including phenoxy) is 1. The lowest BCUT2D eigenvalue weighted by Gasteiger charge is -2.06. The average molecular weight is 270 g/mol. The molecule has 0 aliphatic heterocycles. The van der Waals surface area contributed by atoms with Gasteiger partial charge in [-0.2, -0.15) is 0 Å². The largest absolute Gasteiger partial charge is 0.507 e. The lowest BCUT2D eigenvalue weighted by molar-refractivity contribution is 0.0597. The highest BCUT2D eigenvalue weighted by molar-refractivity contribution is 6.07. The van der Waals surface area contributed by atoms with Crippen LogP contribution >= 0.6 is 0 Å². The van der Waals surface area contributed by atoms with E-state index >= 15 is 0 Å². The van der Waals surface area contributed by atoms with Crippen LogP contribution in [-0.4, -0.2) is 18.2 Å². The summed E-state index contributed by atoms with van der Waals surface area (Å²) in [4.78, 5) is 23.5. The molecule has 1 aromatic heterocycles. The van der Waals surface area contributed by atoms with Gasteiger partial charge in [0.1, 0.15) is 16.9 Å². The summed E-state index contributed by atoms with van der Waals surface area (Å²) in [5.74, 6) is -0.947. The number of hydrogen-bond acceptors (Lipinski definition) is 5. The number of fused-ring (bicyclic) bond motifs is 3. The van der Waals surface area contributed by atoms with Crippen molar-refractivity contribution in [3.8, 4) is 5.75 Å². The van der Waals surface area contributed by atoms with E-state index in [9.17, 15) is 14.7 Å². The van der Waals surface area contributed by atoms with Crippen molar-refractivity contribution in [3.05, 3.63) is 52.4 Å². The quantitative estimate of drug-likeness (QED) is 0.417. The minimum atomic E-state index is -0.711. The van der Waals surface area contributed by atoms with Gasteiger partial charge in [0.2, 0.25) is 0 Å². The topological polar surface area (TPSA) is 76.7 Å². The summed E-state index contributed by atoms with van der Waals surface area (Å²) >= 11 is 0. The number of methoxy groups -OCH3 is 1. The number of benzene rings is 2. The van der Waals surface area contributed by atoms with Crippen molar-refractivity contribution in [2.75, 3.05) is 7.11 Å². The molecule has 3 aromatic rings. The van der Waals surface area contributed by atoms with E-state index in [1.54, 1.807) is 24.3 Å². The Kier molecular flexibility index (Phi) is 2.68. The van der Waals surface area contributed by atoms with Crippen LogP contribution in [0.4, 0.5) is 0 Å². The van der Waals surface area contributed by atoms with E-state index in [4.69, 9.17) is 4.42 Å². The number of phenolic OH excluding ortho intramolecular Hbond substituents is 1. The molecule has 0 unspecified atom stereocenters. The highest BCUT2D eigenvalue weighted by atomic mass is 16.5. The molecule has 0 aliphatic carbocycles. The summed E-state index contributed by atoms with van der Waals surface area (Å²) in [7, 11) is 1.20. The van der Waals surface area contributed by atoms with E-state index in [0.29, 0.717) is 16.4 Å². The zero-order valence-electron chi connectivity index (χ0n) is 10.5. The molecular weight excluding hydrogens is 260 g/mol. The predicted octanol–water partition coefficient (Wildman–Crippen LogP) is 2.44. The van der Waals surface area contributed by atoms with Crippen LogP contribution in [0, 0.1) is 0 Å². The Morgan fingerprint density at radius 2 is 1.90 bits per heavy atom. The molecule has 0 atom stereocenters. The molecule has 0 fully saturated rings. The van der Waals surface area contributed by atoms with Gasteiger partial charge in [0.15, 0.2) is 0 Å². The van der Waals surface area contributed by atoms with Crippen LogP contribution in [0.2, 0.25) is 0 Å². The summed E-state index contributed by atoms with van der Waals surface area (Å²) in [6.07, 6.45) is 0. The third-order valence-corrected chi connectivity index (χ3v) is 3.14. The van der Waals surface area contributed by atoms with Crippen LogP contribution in [-0.2, 0) is 4.74 Å². The Morgan fingerprint density at radius 1 is 1.15 bits per heavy atom. The van der Waals surface area contributed by atoms with E-state index in [0.717, 1.165) is 0 Å². The Bertz CT molecular complexity index is 892. The Labute approximate surface area is 113 Å². The fourth-order valence-corrected chi connectivity index (χ4v) is 2.19. The molecule has 0 aliphatic rings. The molecule has 1 N–H and O–H groups in total. The molecule has 2 aromatic carbocycles. The van der Waals surface area contributed by atoms with Gasteiger partial charge in [-0.15, -0.1) is 0 Å². The Morgan fingerprint density at radius 3 is 2.65 bits per heavy atom. The summed E-state index contributed by atoms with van der Waals surface area (Å²) in [5, 5.41) is 11.4. The molecule has 0 spiro atoms. The minimum absolute atomic E-state index is 0.0671. The molecule has 5 heteroatoms. The lowest BCUT2D eigenvalue weighted by atomic mass is 10.0. The van der Waals surface area contributed by atoms with E-state index in [1.165, 1.54) is 19.2 Å². The molecular formula is C15H10O5. The van der Waals surface area contributed by atoms with Crippen LogP contribution in [0.1, 0.15) is 10.4 Å². The van der Waals surface area contributed by atoms with Gasteiger partial charge in [-0.1, -0.05) is 18.2 Å². The second-order valence-corrected chi connectivity index (χ2v) is 4.29. The molecule has 0 radical (unpaired) electrons. The minimum Gasteiger partial charge on any atom is -0.507 e. The van der Waals surface area contributed by atoms with Crippen molar-refractivity contribution in [1.29, 1.82) is 0 Å². The highest BCUT2D eigenvalue weighted by Gasteiger charge is 2.16. The maximum Gasteiger partial charge on any atom is 0.344 e. The van der Waals surface area contributed by atoms with Crippen LogP contribution in [0.3, 0.4) is 0 Å². The standard InChI is InChI=1S/C15H10O5/c1-19-14(17)11-6-10-9(7-12(11)16)8-4-2-3-5-13(8)20-15(10)18/h2-7,16H,1H3. The molecule has 1 heterocycles. The molecule has 0 saturated carbocycles. The van der Waals surface area contributed by atoms with E-state index in [1.807, 2.05) is 0 Å². The second-order valence-electron chi connectivity index (χ2n) is 4.29. The molecule has 3 rings (SSSR count). The van der Waals surface area contributed by atoms with Crippen molar-refractivity contribution in [2.24, 2.45) is 0 Å². The van der Waals surface area contributed by atoms with Crippen molar-refractivity contribution >= 4 is 27.7 Å². The fourth-order valence-electron chi connectivity index (χ4n) is 2.19. The number of carbonyl (C=O) groups excluding carboxylic acids is 1. The van der Waals surface area contributed by atoms with Crippen LogP contribution in [0.15, 0.2) is 45.6 Å². The summed E-state index contributed by atoms with van der Waals surface area (Å²) in [6, 6.07) is 9.65. The van der Waals surface area contributed by atoms with E-state index in [-0.39, 0.29) is 16.7 Å². The van der Waals surface area contributed by atoms with Crippen LogP contribution in [0.25, 0.3) is 21.7 Å². The monoisotopic (exact) mass is 270 g/mol. The fraction of sp³-hybridized carbons (Fsp3) is 0.0667. The number of carbonyl (C=O) groups is 1. The summed E-state index contributed by atoms with van der Waals surface area (Å²) < 4.78 is 9.76. The molecule has 0 bridgehead atoms. The number of phenols is 1. The van der Waals surface area contributed by atoms with Gasteiger partial charge in [0.25, 0.3) is 0 Å². The van der Waals surface area contributed by atoms with Gasteiger partial charge in [-0.3, -0.25) is 0 Å². The summed E-state index contributed by atoms with van der Waals surface area (Å²) in [6.45, 7) is 0. The van der Waals surface area contributed by atoms with Crippen molar-refractivity contribution in [3.63, 3.8) is 0 Å². The first kappa shape index (κ1) is 12.2. The van der Waals surface area contributed by atoms with Crippen LogP contribution < -0.4 is 5.63 Å². The van der Waals surface area contributed by atoms with Crippen molar-refractivity contribution in [1.82, 2.24) is 0 Å². The molecule has 0 amide bonds. The van der Waals surface area contributed by atoms with Gasteiger partial charge >= 0.3 is 11.6 Å². The van der Waals surface area contributed by atoms with Gasteiger partial charge in [-0.05, 0) is 18.2 Å². The maximum atomic E-state index is 12.0.